The summed E-state index contributed by atoms with van der Waals surface area (Å²) < 4.78 is 10.6. The molecule has 0 radical (unpaired) electrons. The fourth-order valence-corrected chi connectivity index (χ4v) is 3.23. The van der Waals surface area contributed by atoms with Crippen LogP contribution in [0.1, 0.15) is 37.0 Å². The molecule has 0 aliphatic rings. The molecule has 0 saturated carbocycles. The van der Waals surface area contributed by atoms with Crippen LogP contribution in [0.4, 0.5) is 0 Å². The normalized spacial score (nSPS) is 11.5. The smallest absolute Gasteiger partial charge is 0.242 e. The van der Waals surface area contributed by atoms with Gasteiger partial charge in [-0.25, -0.2) is 0 Å². The summed E-state index contributed by atoms with van der Waals surface area (Å²) in [7, 11) is 3.18. The van der Waals surface area contributed by atoms with Crippen LogP contribution in [0, 0.1) is 6.92 Å². The lowest BCUT2D eigenvalue weighted by Gasteiger charge is -2.29. The van der Waals surface area contributed by atoms with Gasteiger partial charge in [-0.1, -0.05) is 35.9 Å². The molecule has 2 aromatic rings. The molecule has 2 aromatic carbocycles. The van der Waals surface area contributed by atoms with Crippen molar-refractivity contribution >= 4 is 11.8 Å². The molecule has 1 unspecified atom stereocenters. The van der Waals surface area contributed by atoms with Crippen LogP contribution in [-0.2, 0) is 22.6 Å². The van der Waals surface area contributed by atoms with Gasteiger partial charge in [0.2, 0.25) is 11.8 Å². The topological polar surface area (TPSA) is 67.9 Å². The van der Waals surface area contributed by atoms with Crippen molar-refractivity contribution in [2.45, 2.75) is 46.2 Å². The van der Waals surface area contributed by atoms with Crippen molar-refractivity contribution < 1.29 is 19.1 Å². The number of hydrogen-bond donors (Lipinski definition) is 1. The van der Waals surface area contributed by atoms with Gasteiger partial charge in [-0.15, -0.1) is 0 Å². The third kappa shape index (κ3) is 6.24. The molecule has 1 N–H and O–H groups in total. The molecule has 0 bridgehead atoms. The highest BCUT2D eigenvalue weighted by atomic mass is 16.5. The van der Waals surface area contributed by atoms with Crippen LogP contribution in [0.5, 0.6) is 11.5 Å². The van der Waals surface area contributed by atoms with Crippen LogP contribution < -0.4 is 14.8 Å². The predicted octanol–water partition coefficient (Wildman–Crippen LogP) is 3.50. The highest BCUT2D eigenvalue weighted by Gasteiger charge is 2.25. The third-order valence-electron chi connectivity index (χ3n) is 5.07. The maximum atomic E-state index is 13.1. The van der Waals surface area contributed by atoms with E-state index in [0.717, 1.165) is 16.7 Å². The maximum absolute atomic E-state index is 13.1. The van der Waals surface area contributed by atoms with Crippen molar-refractivity contribution in [2.75, 3.05) is 20.8 Å². The van der Waals surface area contributed by atoms with E-state index in [1.807, 2.05) is 56.3 Å². The zero-order valence-corrected chi connectivity index (χ0v) is 18.5. The minimum atomic E-state index is -0.552. The molecule has 6 heteroatoms. The molecule has 0 aliphatic heterocycles. The molecule has 162 valence electrons. The van der Waals surface area contributed by atoms with Gasteiger partial charge < -0.3 is 19.7 Å². The van der Waals surface area contributed by atoms with Gasteiger partial charge in [0, 0.05) is 19.5 Å². The average molecular weight is 413 g/mol. The lowest BCUT2D eigenvalue weighted by Crippen LogP contribution is -2.47. The van der Waals surface area contributed by atoms with Crippen molar-refractivity contribution in [3.63, 3.8) is 0 Å². The van der Waals surface area contributed by atoms with Crippen LogP contribution in [0.3, 0.4) is 0 Å². The Bertz CT molecular complexity index is 849. The minimum Gasteiger partial charge on any atom is -0.493 e. The van der Waals surface area contributed by atoms with Crippen molar-refractivity contribution in [1.29, 1.82) is 0 Å². The molecular formula is C24H32N2O4. The van der Waals surface area contributed by atoms with E-state index in [1.54, 1.807) is 26.0 Å². The second kappa shape index (κ2) is 11.2. The van der Waals surface area contributed by atoms with Crippen LogP contribution in [0.15, 0.2) is 42.5 Å². The van der Waals surface area contributed by atoms with Crippen molar-refractivity contribution in [3.05, 3.63) is 59.2 Å². The number of amides is 2. The summed E-state index contributed by atoms with van der Waals surface area (Å²) in [6, 6.07) is 13.1. The van der Waals surface area contributed by atoms with Crippen LogP contribution in [0.2, 0.25) is 0 Å². The lowest BCUT2D eigenvalue weighted by atomic mass is 10.1. The monoisotopic (exact) mass is 412 g/mol. The van der Waals surface area contributed by atoms with Gasteiger partial charge >= 0.3 is 0 Å². The van der Waals surface area contributed by atoms with Gasteiger partial charge in [0.05, 0.1) is 14.2 Å². The first kappa shape index (κ1) is 23.3. The summed E-state index contributed by atoms with van der Waals surface area (Å²) in [5, 5.41) is 2.81. The van der Waals surface area contributed by atoms with E-state index in [2.05, 4.69) is 5.32 Å². The molecule has 0 heterocycles. The van der Waals surface area contributed by atoms with Crippen LogP contribution >= 0.6 is 0 Å². The fourth-order valence-electron chi connectivity index (χ4n) is 3.23. The molecule has 1 atom stereocenters. The molecule has 0 saturated heterocycles. The van der Waals surface area contributed by atoms with Crippen LogP contribution in [-0.4, -0.2) is 43.5 Å². The Morgan fingerprint density at radius 1 is 1.00 bits per heavy atom. The first-order valence-corrected chi connectivity index (χ1v) is 10.2. The maximum Gasteiger partial charge on any atom is 0.242 e. The number of benzene rings is 2. The molecule has 2 rings (SSSR count). The Labute approximate surface area is 179 Å². The Morgan fingerprint density at radius 2 is 1.63 bits per heavy atom. The van der Waals surface area contributed by atoms with Gasteiger partial charge in [-0.05, 0) is 50.5 Å². The Hall–Kier alpha value is -3.02. The van der Waals surface area contributed by atoms with E-state index in [0.29, 0.717) is 37.4 Å². The van der Waals surface area contributed by atoms with E-state index >= 15 is 0 Å². The molecule has 0 aromatic heterocycles. The number of rotatable bonds is 10. The molecule has 0 spiro atoms. The molecule has 0 aliphatic carbocycles. The van der Waals surface area contributed by atoms with E-state index in [4.69, 9.17) is 9.47 Å². The van der Waals surface area contributed by atoms with E-state index < -0.39 is 6.04 Å². The standard InChI is InChI=1S/C24H32N2O4/c1-6-25-24(28)18(3)26(16-20-9-7-17(2)8-10-20)23(27)14-12-19-11-13-21(29-4)22(15-19)30-5/h7-11,13,15,18H,6,12,14,16H2,1-5H3,(H,25,28). The van der Waals surface area contributed by atoms with E-state index in [-0.39, 0.29) is 11.8 Å². The first-order chi connectivity index (χ1) is 14.4. The zero-order valence-electron chi connectivity index (χ0n) is 18.5. The van der Waals surface area contributed by atoms with Crippen molar-refractivity contribution in [1.82, 2.24) is 10.2 Å². The van der Waals surface area contributed by atoms with Crippen LogP contribution in [0.25, 0.3) is 0 Å². The van der Waals surface area contributed by atoms with Gasteiger partial charge in [0.15, 0.2) is 11.5 Å². The van der Waals surface area contributed by atoms with Crippen molar-refractivity contribution in [2.24, 2.45) is 0 Å². The van der Waals surface area contributed by atoms with Crippen molar-refractivity contribution in [3.8, 4) is 11.5 Å². The number of aryl methyl sites for hydroxylation is 2. The summed E-state index contributed by atoms with van der Waals surface area (Å²) in [4.78, 5) is 27.2. The predicted molar refractivity (Wildman–Crippen MR) is 118 cm³/mol. The minimum absolute atomic E-state index is 0.0656. The largest absolute Gasteiger partial charge is 0.493 e. The van der Waals surface area contributed by atoms with E-state index in [9.17, 15) is 9.59 Å². The second-order valence-electron chi connectivity index (χ2n) is 7.27. The van der Waals surface area contributed by atoms with Gasteiger partial charge in [0.25, 0.3) is 0 Å². The van der Waals surface area contributed by atoms with Gasteiger partial charge in [-0.3, -0.25) is 9.59 Å². The second-order valence-corrected chi connectivity index (χ2v) is 7.27. The number of nitrogens with zero attached hydrogens (tertiary/aromatic N) is 1. The summed E-state index contributed by atoms with van der Waals surface area (Å²) >= 11 is 0. The summed E-state index contributed by atoms with van der Waals surface area (Å²) in [5.74, 6) is 1.07. The van der Waals surface area contributed by atoms with E-state index in [1.165, 1.54) is 0 Å². The molecule has 0 fully saturated rings. The molecular weight excluding hydrogens is 380 g/mol. The summed E-state index contributed by atoms with van der Waals surface area (Å²) in [6.07, 6.45) is 0.844. The molecule has 30 heavy (non-hydrogen) atoms. The average Bonchev–Trinajstić information content (AvgIpc) is 2.76. The number of hydrogen-bond acceptors (Lipinski definition) is 4. The number of methoxy groups -OCH3 is 2. The third-order valence-corrected chi connectivity index (χ3v) is 5.07. The number of ether oxygens (including phenoxy) is 2. The van der Waals surface area contributed by atoms with Gasteiger partial charge in [0.1, 0.15) is 6.04 Å². The Balaban J connectivity index is 2.15. The number of carbonyl (C=O) groups is 2. The first-order valence-electron chi connectivity index (χ1n) is 10.2. The number of likely N-dealkylation sites (N-methyl/N-ethyl adjacent to an activating group) is 1. The number of nitrogens with one attached hydrogen (secondary N) is 1. The highest BCUT2D eigenvalue weighted by Crippen LogP contribution is 2.28. The quantitative estimate of drug-likeness (QED) is 0.649. The highest BCUT2D eigenvalue weighted by molar-refractivity contribution is 5.87. The Kier molecular flexibility index (Phi) is 8.71. The SMILES string of the molecule is CCNC(=O)C(C)N(Cc1ccc(C)cc1)C(=O)CCc1ccc(OC)c(OC)c1. The Morgan fingerprint density at radius 3 is 2.23 bits per heavy atom. The fraction of sp³-hybridized carbons (Fsp3) is 0.417. The number of carbonyl (C=O) groups excluding carboxylic acids is 2. The summed E-state index contributed by atoms with van der Waals surface area (Å²) in [5.41, 5.74) is 3.13. The van der Waals surface area contributed by atoms with Gasteiger partial charge in [-0.2, -0.15) is 0 Å². The molecule has 2 amide bonds. The summed E-state index contributed by atoms with van der Waals surface area (Å²) in [6.45, 7) is 6.58. The molecule has 6 nitrogen and oxygen atoms in total. The zero-order chi connectivity index (χ0) is 22.1. The lowest BCUT2D eigenvalue weighted by molar-refractivity contribution is -0.140.